The van der Waals surface area contributed by atoms with Gasteiger partial charge in [-0.15, -0.1) is 0 Å². The van der Waals surface area contributed by atoms with Gasteiger partial charge in [-0.3, -0.25) is 19.5 Å². The van der Waals surface area contributed by atoms with Gasteiger partial charge in [0.1, 0.15) is 0 Å². The zero-order chi connectivity index (χ0) is 23.1. The summed E-state index contributed by atoms with van der Waals surface area (Å²) in [5, 5.41) is 5.60. The van der Waals surface area contributed by atoms with Crippen LogP contribution >= 0.6 is 11.8 Å². The lowest BCUT2D eigenvalue weighted by molar-refractivity contribution is -0.117. The van der Waals surface area contributed by atoms with Crippen molar-refractivity contribution in [3.63, 3.8) is 0 Å². The van der Waals surface area contributed by atoms with E-state index in [4.69, 9.17) is 9.47 Å². The number of nitrogens with zero attached hydrogens (tertiary/aromatic N) is 2. The van der Waals surface area contributed by atoms with Crippen LogP contribution in [0.15, 0.2) is 52.4 Å². The van der Waals surface area contributed by atoms with E-state index in [1.165, 1.54) is 18.8 Å². The minimum atomic E-state index is -0.554. The molecule has 0 saturated heterocycles. The van der Waals surface area contributed by atoms with Crippen LogP contribution < -0.4 is 25.7 Å². The molecule has 2 aromatic carbocycles. The molecule has 0 bridgehead atoms. The Kier molecular flexibility index (Phi) is 7.72. The molecular formula is C22H24N4O5S. The molecule has 0 aliphatic heterocycles. The third kappa shape index (κ3) is 5.20. The molecule has 0 spiro atoms. The van der Waals surface area contributed by atoms with E-state index in [9.17, 15) is 14.4 Å². The van der Waals surface area contributed by atoms with Crippen molar-refractivity contribution in [3.8, 4) is 17.2 Å². The number of hydrogen-bond acceptors (Lipinski definition) is 7. The number of urea groups is 1. The van der Waals surface area contributed by atoms with Crippen molar-refractivity contribution in [3.05, 3.63) is 52.8 Å². The Balaban J connectivity index is 1.98. The lowest BCUT2D eigenvalue weighted by Crippen LogP contribution is -2.40. The Labute approximate surface area is 189 Å². The predicted octanol–water partition coefficient (Wildman–Crippen LogP) is 2.73. The Morgan fingerprint density at radius 3 is 2.56 bits per heavy atom. The number of rotatable bonds is 8. The lowest BCUT2D eigenvalue weighted by Gasteiger charge is -2.15. The van der Waals surface area contributed by atoms with E-state index >= 15 is 0 Å². The summed E-state index contributed by atoms with van der Waals surface area (Å²) >= 11 is 1.06. The Bertz CT molecular complexity index is 1190. The molecule has 0 aliphatic carbocycles. The molecule has 168 valence electrons. The van der Waals surface area contributed by atoms with Crippen LogP contribution in [0.3, 0.4) is 0 Å². The smallest absolute Gasteiger partial charge is 0.321 e. The highest BCUT2D eigenvalue weighted by atomic mass is 32.2. The number of carbonyl (C=O) groups is 2. The summed E-state index contributed by atoms with van der Waals surface area (Å²) in [4.78, 5) is 41.9. The summed E-state index contributed by atoms with van der Waals surface area (Å²) in [6.07, 6.45) is 0.759. The lowest BCUT2D eigenvalue weighted by atomic mass is 10.2. The average molecular weight is 457 g/mol. The van der Waals surface area contributed by atoms with E-state index in [0.29, 0.717) is 39.8 Å². The molecule has 1 aromatic heterocycles. The third-order valence-corrected chi connectivity index (χ3v) is 5.43. The van der Waals surface area contributed by atoms with Crippen molar-refractivity contribution in [2.24, 2.45) is 0 Å². The first-order valence-electron chi connectivity index (χ1n) is 9.93. The summed E-state index contributed by atoms with van der Waals surface area (Å²) < 4.78 is 12.1. The normalized spacial score (nSPS) is 10.6. The highest BCUT2D eigenvalue weighted by Gasteiger charge is 2.17. The quantitative estimate of drug-likeness (QED) is 0.396. The number of amides is 3. The number of thioether (sulfide) groups is 1. The molecule has 9 nitrogen and oxygen atoms in total. The number of methoxy groups -OCH3 is 2. The van der Waals surface area contributed by atoms with Crippen molar-refractivity contribution < 1.29 is 19.1 Å². The molecule has 0 aliphatic rings. The fourth-order valence-electron chi connectivity index (χ4n) is 2.98. The molecule has 0 unspecified atom stereocenters. The zero-order valence-electron chi connectivity index (χ0n) is 18.0. The van der Waals surface area contributed by atoms with Gasteiger partial charge in [0, 0.05) is 12.6 Å². The maximum absolute atomic E-state index is 13.3. The largest absolute Gasteiger partial charge is 0.493 e. The second kappa shape index (κ2) is 10.7. The Morgan fingerprint density at radius 2 is 1.84 bits per heavy atom. The number of ether oxygens (including phenoxy) is 2. The van der Waals surface area contributed by atoms with E-state index in [0.717, 1.165) is 18.2 Å². The highest BCUT2D eigenvalue weighted by molar-refractivity contribution is 7.99. The molecule has 3 amide bonds. The topological polar surface area (TPSA) is 112 Å². The summed E-state index contributed by atoms with van der Waals surface area (Å²) in [6.45, 7) is 2.38. The molecule has 32 heavy (non-hydrogen) atoms. The molecule has 3 aromatic rings. The molecule has 3 rings (SSSR count). The van der Waals surface area contributed by atoms with Crippen molar-refractivity contribution in [1.29, 1.82) is 0 Å². The number of fused-ring (bicyclic) bond motifs is 1. The molecule has 1 heterocycles. The number of imide groups is 1. The molecule has 0 saturated carbocycles. The summed E-state index contributed by atoms with van der Waals surface area (Å²) in [5.41, 5.74) is 0.735. The summed E-state index contributed by atoms with van der Waals surface area (Å²) in [6, 6.07) is 11.5. The van der Waals surface area contributed by atoms with Gasteiger partial charge in [-0.1, -0.05) is 30.8 Å². The minimum absolute atomic E-state index is 0.0996. The van der Waals surface area contributed by atoms with Gasteiger partial charge in [-0.25, -0.2) is 9.78 Å². The number of aromatic nitrogens is 2. The number of hydrogen-bond donors (Lipinski definition) is 2. The van der Waals surface area contributed by atoms with E-state index in [1.54, 1.807) is 42.5 Å². The maximum atomic E-state index is 13.3. The van der Waals surface area contributed by atoms with Crippen LogP contribution in [-0.2, 0) is 4.79 Å². The maximum Gasteiger partial charge on any atom is 0.321 e. The molecule has 10 heteroatoms. The van der Waals surface area contributed by atoms with Crippen LogP contribution in [0.1, 0.15) is 13.3 Å². The first kappa shape index (κ1) is 23.1. The van der Waals surface area contributed by atoms with Crippen LogP contribution in [-0.4, -0.2) is 48.0 Å². The molecule has 0 fully saturated rings. The van der Waals surface area contributed by atoms with Crippen LogP contribution in [0, 0.1) is 0 Å². The van der Waals surface area contributed by atoms with Gasteiger partial charge in [0.05, 0.1) is 36.6 Å². The van der Waals surface area contributed by atoms with E-state index in [2.05, 4.69) is 15.6 Å². The SMILES string of the molecule is CCCNC(=O)NC(=O)CSc1nc2ccccc2c(=O)n1-c1ccc(OC)c(OC)c1. The first-order chi connectivity index (χ1) is 15.5. The van der Waals surface area contributed by atoms with Crippen molar-refractivity contribution >= 4 is 34.6 Å². The van der Waals surface area contributed by atoms with E-state index in [-0.39, 0.29) is 11.3 Å². The van der Waals surface area contributed by atoms with Crippen LogP contribution in [0.5, 0.6) is 11.5 Å². The van der Waals surface area contributed by atoms with Gasteiger partial charge in [0.15, 0.2) is 16.7 Å². The van der Waals surface area contributed by atoms with Gasteiger partial charge in [0.25, 0.3) is 5.56 Å². The summed E-state index contributed by atoms with van der Waals surface area (Å²) in [7, 11) is 3.03. The Morgan fingerprint density at radius 1 is 1.09 bits per heavy atom. The molecule has 0 atom stereocenters. The van der Waals surface area contributed by atoms with Crippen LogP contribution in [0.4, 0.5) is 4.79 Å². The van der Waals surface area contributed by atoms with E-state index in [1.807, 2.05) is 6.92 Å². The van der Waals surface area contributed by atoms with Crippen molar-refractivity contribution in [1.82, 2.24) is 20.2 Å². The number of para-hydroxylation sites is 1. The monoisotopic (exact) mass is 456 g/mol. The van der Waals surface area contributed by atoms with Gasteiger partial charge in [-0.05, 0) is 30.7 Å². The number of nitrogens with one attached hydrogen (secondary N) is 2. The highest BCUT2D eigenvalue weighted by Crippen LogP contribution is 2.30. The van der Waals surface area contributed by atoms with Crippen LogP contribution in [0.25, 0.3) is 16.6 Å². The van der Waals surface area contributed by atoms with Gasteiger partial charge >= 0.3 is 6.03 Å². The van der Waals surface area contributed by atoms with Crippen molar-refractivity contribution in [2.45, 2.75) is 18.5 Å². The zero-order valence-corrected chi connectivity index (χ0v) is 18.8. The van der Waals surface area contributed by atoms with Gasteiger partial charge < -0.3 is 14.8 Å². The fourth-order valence-corrected chi connectivity index (χ4v) is 3.79. The molecule has 0 radical (unpaired) electrons. The van der Waals surface area contributed by atoms with Gasteiger partial charge in [-0.2, -0.15) is 0 Å². The molecule has 2 N–H and O–H groups in total. The second-order valence-corrected chi connectivity index (χ2v) is 7.63. The van der Waals surface area contributed by atoms with Gasteiger partial charge in [0.2, 0.25) is 5.91 Å². The predicted molar refractivity (Wildman–Crippen MR) is 123 cm³/mol. The first-order valence-corrected chi connectivity index (χ1v) is 10.9. The fraction of sp³-hybridized carbons (Fsp3) is 0.273. The van der Waals surface area contributed by atoms with E-state index < -0.39 is 11.9 Å². The third-order valence-electron chi connectivity index (χ3n) is 4.49. The second-order valence-electron chi connectivity index (χ2n) is 6.68. The van der Waals surface area contributed by atoms with Crippen LogP contribution in [0.2, 0.25) is 0 Å². The standard InChI is InChI=1S/C22H24N4O5S/c1-4-11-23-21(29)25-19(27)13-32-22-24-16-8-6-5-7-15(16)20(28)26(22)14-9-10-17(30-2)18(12-14)31-3/h5-10,12H,4,11,13H2,1-3H3,(H2,23,25,27,29). The Hall–Kier alpha value is -3.53. The minimum Gasteiger partial charge on any atom is -0.493 e. The van der Waals surface area contributed by atoms with Crippen molar-refractivity contribution in [2.75, 3.05) is 26.5 Å². The average Bonchev–Trinajstić information content (AvgIpc) is 2.81. The summed E-state index contributed by atoms with van der Waals surface area (Å²) in [5.74, 6) is 0.374. The molecular weight excluding hydrogens is 432 g/mol. The number of benzene rings is 2. The number of carbonyl (C=O) groups excluding carboxylic acids is 2.